The Morgan fingerprint density at radius 1 is 1.24 bits per heavy atom. The summed E-state index contributed by atoms with van der Waals surface area (Å²) in [6, 6.07) is 0. The smallest absolute Gasteiger partial charge is 0.330 e. The van der Waals surface area contributed by atoms with Crippen molar-refractivity contribution in [1.29, 1.82) is 0 Å². The molecule has 17 heavy (non-hydrogen) atoms. The van der Waals surface area contributed by atoms with Gasteiger partial charge < -0.3 is 5.11 Å². The molecule has 0 bridgehead atoms. The van der Waals surface area contributed by atoms with E-state index in [1.54, 1.807) is 0 Å². The molecule has 0 aliphatic heterocycles. The summed E-state index contributed by atoms with van der Waals surface area (Å²) < 4.78 is 0. The van der Waals surface area contributed by atoms with Gasteiger partial charge in [-0.25, -0.2) is 4.79 Å². The van der Waals surface area contributed by atoms with Gasteiger partial charge in [0.25, 0.3) is 0 Å². The van der Waals surface area contributed by atoms with E-state index in [0.717, 1.165) is 18.8 Å². The van der Waals surface area contributed by atoms with Gasteiger partial charge in [-0.05, 0) is 30.6 Å². The second-order valence-corrected chi connectivity index (χ2v) is 6.38. The first-order valence-electron chi connectivity index (χ1n) is 6.63. The van der Waals surface area contributed by atoms with Crippen LogP contribution in [0, 0.1) is 11.3 Å². The van der Waals surface area contributed by atoms with Crippen molar-refractivity contribution in [3.8, 4) is 0 Å². The Kier molecular flexibility index (Phi) is 7.17. The molecule has 0 saturated carbocycles. The predicted octanol–water partition coefficient (Wildman–Crippen LogP) is 4.65. The molecule has 0 aliphatic rings. The molecule has 0 fully saturated rings. The second-order valence-electron chi connectivity index (χ2n) is 6.38. The third kappa shape index (κ3) is 10.1. The number of rotatable bonds is 8. The van der Waals surface area contributed by atoms with E-state index < -0.39 is 5.97 Å². The minimum Gasteiger partial charge on any atom is -0.478 e. The number of carboxylic acid groups (broad SMARTS) is 1. The predicted molar refractivity (Wildman–Crippen MR) is 73.1 cm³/mol. The molecular formula is C15H28O2. The van der Waals surface area contributed by atoms with Crippen molar-refractivity contribution in [1.82, 2.24) is 0 Å². The quantitative estimate of drug-likeness (QED) is 0.495. The van der Waals surface area contributed by atoms with Crippen LogP contribution in [-0.4, -0.2) is 11.1 Å². The van der Waals surface area contributed by atoms with E-state index in [2.05, 4.69) is 34.3 Å². The Bertz CT molecular complexity index is 248. The lowest BCUT2D eigenvalue weighted by atomic mass is 9.83. The van der Waals surface area contributed by atoms with Crippen molar-refractivity contribution in [3.05, 3.63) is 12.2 Å². The summed E-state index contributed by atoms with van der Waals surface area (Å²) in [5.74, 6) is -0.0937. The molecule has 1 N–H and O–H groups in total. The third-order valence-electron chi connectivity index (χ3n) is 2.94. The van der Waals surface area contributed by atoms with Crippen LogP contribution in [0.15, 0.2) is 12.2 Å². The molecule has 0 spiro atoms. The molecule has 2 heteroatoms. The summed E-state index contributed by atoms with van der Waals surface area (Å²) in [7, 11) is 0. The van der Waals surface area contributed by atoms with Gasteiger partial charge in [0.2, 0.25) is 0 Å². The van der Waals surface area contributed by atoms with E-state index in [1.807, 2.05) is 0 Å². The zero-order valence-corrected chi connectivity index (χ0v) is 11.9. The Labute approximate surface area is 106 Å². The highest BCUT2D eigenvalue weighted by Crippen LogP contribution is 2.27. The van der Waals surface area contributed by atoms with Crippen LogP contribution in [0.1, 0.15) is 66.2 Å². The largest absolute Gasteiger partial charge is 0.478 e. The van der Waals surface area contributed by atoms with Gasteiger partial charge in [0.15, 0.2) is 0 Å². The molecule has 1 unspecified atom stereocenters. The number of hydrogen-bond donors (Lipinski definition) is 1. The Morgan fingerprint density at radius 3 is 2.29 bits per heavy atom. The lowest BCUT2D eigenvalue weighted by molar-refractivity contribution is -0.132. The molecular weight excluding hydrogens is 212 g/mol. The first-order chi connectivity index (χ1) is 7.72. The monoisotopic (exact) mass is 240 g/mol. The summed E-state index contributed by atoms with van der Waals surface area (Å²) in [5.41, 5.74) is 0.754. The van der Waals surface area contributed by atoms with Crippen molar-refractivity contribution in [2.75, 3.05) is 0 Å². The lowest BCUT2D eigenvalue weighted by Crippen LogP contribution is -2.10. The number of carboxylic acids is 1. The highest BCUT2D eigenvalue weighted by atomic mass is 16.4. The average molecular weight is 240 g/mol. The molecule has 0 saturated heterocycles. The topological polar surface area (TPSA) is 37.3 Å². The Balaban J connectivity index is 3.52. The maximum atomic E-state index is 10.5. The highest BCUT2D eigenvalue weighted by Gasteiger charge is 2.14. The first-order valence-corrected chi connectivity index (χ1v) is 6.63. The minimum absolute atomic E-state index is 0.340. The maximum Gasteiger partial charge on any atom is 0.330 e. The van der Waals surface area contributed by atoms with E-state index in [1.165, 1.54) is 19.3 Å². The van der Waals surface area contributed by atoms with Crippen LogP contribution in [-0.2, 0) is 4.79 Å². The molecule has 2 nitrogen and oxygen atoms in total. The maximum absolute atomic E-state index is 10.5. The first kappa shape index (κ1) is 16.2. The van der Waals surface area contributed by atoms with E-state index in [4.69, 9.17) is 5.11 Å². The van der Waals surface area contributed by atoms with Crippen LogP contribution in [0.2, 0.25) is 0 Å². The average Bonchev–Trinajstić information content (AvgIpc) is 2.13. The van der Waals surface area contributed by atoms with E-state index in [9.17, 15) is 4.79 Å². The van der Waals surface area contributed by atoms with Gasteiger partial charge >= 0.3 is 5.97 Å². The van der Waals surface area contributed by atoms with Gasteiger partial charge in [0.1, 0.15) is 0 Å². The molecule has 0 aromatic heterocycles. The van der Waals surface area contributed by atoms with Crippen LogP contribution >= 0.6 is 0 Å². The normalized spacial score (nSPS) is 13.4. The fourth-order valence-corrected chi connectivity index (χ4v) is 2.26. The van der Waals surface area contributed by atoms with Crippen LogP contribution < -0.4 is 0 Å². The van der Waals surface area contributed by atoms with Gasteiger partial charge in [-0.3, -0.25) is 0 Å². The fourth-order valence-electron chi connectivity index (χ4n) is 2.26. The van der Waals surface area contributed by atoms with Crippen molar-refractivity contribution in [2.45, 2.75) is 66.2 Å². The van der Waals surface area contributed by atoms with Crippen LogP contribution in [0.4, 0.5) is 0 Å². The van der Waals surface area contributed by atoms with E-state index >= 15 is 0 Å². The molecule has 0 radical (unpaired) electrons. The van der Waals surface area contributed by atoms with Crippen molar-refractivity contribution in [3.63, 3.8) is 0 Å². The highest BCUT2D eigenvalue weighted by molar-refractivity contribution is 5.85. The number of aliphatic carboxylic acids is 1. The zero-order valence-electron chi connectivity index (χ0n) is 11.9. The van der Waals surface area contributed by atoms with E-state index in [-0.39, 0.29) is 0 Å². The molecule has 100 valence electrons. The summed E-state index contributed by atoms with van der Waals surface area (Å²) in [6.45, 7) is 12.7. The molecule has 0 rings (SSSR count). The van der Waals surface area contributed by atoms with Crippen molar-refractivity contribution in [2.24, 2.45) is 11.3 Å². The fraction of sp³-hybridized carbons (Fsp3) is 0.800. The van der Waals surface area contributed by atoms with Gasteiger partial charge in [0, 0.05) is 5.57 Å². The van der Waals surface area contributed by atoms with Crippen LogP contribution in [0.25, 0.3) is 0 Å². The molecule has 0 aromatic carbocycles. The standard InChI is InChI=1S/C15H28O2/c1-12(11-15(3,4)5)9-7-6-8-10-13(2)14(16)17/h12H,2,6-11H2,1,3-5H3,(H,16,17). The number of hydrogen-bond acceptors (Lipinski definition) is 1. The SMILES string of the molecule is C=C(CCCCCC(C)CC(C)(C)C)C(=O)O. The van der Waals surface area contributed by atoms with E-state index in [0.29, 0.717) is 17.4 Å². The minimum atomic E-state index is -0.855. The summed E-state index contributed by atoms with van der Waals surface area (Å²) in [6.07, 6.45) is 6.40. The van der Waals surface area contributed by atoms with Crippen molar-refractivity contribution < 1.29 is 9.90 Å². The summed E-state index contributed by atoms with van der Waals surface area (Å²) in [5, 5.41) is 8.65. The molecule has 1 atom stereocenters. The van der Waals surface area contributed by atoms with Gasteiger partial charge in [-0.1, -0.05) is 53.5 Å². The van der Waals surface area contributed by atoms with Crippen LogP contribution in [0.5, 0.6) is 0 Å². The van der Waals surface area contributed by atoms with Crippen LogP contribution in [0.3, 0.4) is 0 Å². The van der Waals surface area contributed by atoms with Crippen molar-refractivity contribution >= 4 is 5.97 Å². The molecule has 0 amide bonds. The number of unbranched alkanes of at least 4 members (excludes halogenated alkanes) is 2. The zero-order chi connectivity index (χ0) is 13.5. The molecule has 0 aromatic rings. The second kappa shape index (κ2) is 7.52. The Hall–Kier alpha value is -0.790. The number of carbonyl (C=O) groups is 1. The lowest BCUT2D eigenvalue weighted by Gasteiger charge is -2.23. The van der Waals surface area contributed by atoms with Gasteiger partial charge in [-0.2, -0.15) is 0 Å². The molecule has 0 aliphatic carbocycles. The molecule has 0 heterocycles. The van der Waals surface area contributed by atoms with Gasteiger partial charge in [-0.15, -0.1) is 0 Å². The summed E-state index contributed by atoms with van der Waals surface area (Å²) >= 11 is 0. The Morgan fingerprint density at radius 2 is 1.82 bits per heavy atom. The third-order valence-corrected chi connectivity index (χ3v) is 2.94. The summed E-state index contributed by atoms with van der Waals surface area (Å²) in [4.78, 5) is 10.5. The van der Waals surface area contributed by atoms with Gasteiger partial charge in [0.05, 0.1) is 0 Å².